The Bertz CT molecular complexity index is 513. The van der Waals surface area contributed by atoms with Crippen molar-refractivity contribution in [2.24, 2.45) is 0 Å². The number of nitrogens with one attached hydrogen (secondary N) is 2. The summed E-state index contributed by atoms with van der Waals surface area (Å²) in [5.74, 6) is 0. The summed E-state index contributed by atoms with van der Waals surface area (Å²) in [5.41, 5.74) is 2.38. The minimum absolute atomic E-state index is 0.193. The van der Waals surface area contributed by atoms with Crippen LogP contribution >= 0.6 is 12.2 Å². The molecule has 0 fully saturated rings. The second kappa shape index (κ2) is 6.85. The second-order valence-corrected chi connectivity index (χ2v) is 4.72. The highest BCUT2D eigenvalue weighted by Gasteiger charge is 2.05. The van der Waals surface area contributed by atoms with Gasteiger partial charge in [-0.1, -0.05) is 30.3 Å². The maximum absolute atomic E-state index is 5.29. The van der Waals surface area contributed by atoms with Crippen molar-refractivity contribution in [3.8, 4) is 0 Å². The van der Waals surface area contributed by atoms with E-state index < -0.39 is 0 Å². The van der Waals surface area contributed by atoms with E-state index in [9.17, 15) is 0 Å². The van der Waals surface area contributed by atoms with E-state index in [1.165, 1.54) is 5.56 Å². The normalized spacial score (nSPS) is 11.6. The van der Waals surface area contributed by atoms with Gasteiger partial charge < -0.3 is 10.6 Å². The zero-order chi connectivity index (χ0) is 13.5. The maximum atomic E-state index is 5.29. The number of rotatable bonds is 4. The fraction of sp³-hybridized carbons (Fsp3) is 0.200. The predicted octanol–water partition coefficient (Wildman–Crippen LogP) is 2.81. The first-order chi connectivity index (χ1) is 9.25. The first kappa shape index (κ1) is 13.5. The van der Waals surface area contributed by atoms with Crippen molar-refractivity contribution in [2.75, 3.05) is 0 Å². The quantitative estimate of drug-likeness (QED) is 0.839. The number of hydrogen-bond donors (Lipinski definition) is 2. The number of hydrogen-bond acceptors (Lipinski definition) is 2. The third kappa shape index (κ3) is 4.34. The summed E-state index contributed by atoms with van der Waals surface area (Å²) >= 11 is 5.29. The molecule has 2 N–H and O–H groups in total. The predicted molar refractivity (Wildman–Crippen MR) is 81.7 cm³/mol. The van der Waals surface area contributed by atoms with Gasteiger partial charge in [0.1, 0.15) is 0 Å². The molecule has 0 aliphatic rings. The Labute approximate surface area is 119 Å². The van der Waals surface area contributed by atoms with E-state index >= 15 is 0 Å². The van der Waals surface area contributed by atoms with Gasteiger partial charge in [-0.2, -0.15) is 0 Å². The summed E-state index contributed by atoms with van der Waals surface area (Å²) in [6, 6.07) is 14.4. The van der Waals surface area contributed by atoms with Crippen LogP contribution in [0, 0.1) is 0 Å². The van der Waals surface area contributed by atoms with Gasteiger partial charge in [0.2, 0.25) is 0 Å². The summed E-state index contributed by atoms with van der Waals surface area (Å²) in [6.07, 6.45) is 3.56. The molecule has 0 saturated heterocycles. The van der Waals surface area contributed by atoms with Gasteiger partial charge in [-0.15, -0.1) is 0 Å². The largest absolute Gasteiger partial charge is 0.359 e. The molecular formula is C15H17N3S. The number of thiocarbonyl (C=S) groups is 1. The number of pyridine rings is 1. The van der Waals surface area contributed by atoms with Gasteiger partial charge in [-0.25, -0.2) is 0 Å². The minimum Gasteiger partial charge on any atom is -0.359 e. The van der Waals surface area contributed by atoms with Crippen LogP contribution in [0.2, 0.25) is 0 Å². The van der Waals surface area contributed by atoms with Crippen LogP contribution in [0.15, 0.2) is 54.9 Å². The van der Waals surface area contributed by atoms with E-state index in [1.807, 2.05) is 30.3 Å². The Morgan fingerprint density at radius 1 is 1.16 bits per heavy atom. The molecule has 4 heteroatoms. The molecule has 0 aliphatic heterocycles. The van der Waals surface area contributed by atoms with Crippen molar-refractivity contribution in [3.63, 3.8) is 0 Å². The number of aromatic nitrogens is 1. The van der Waals surface area contributed by atoms with Crippen LogP contribution in [-0.2, 0) is 6.54 Å². The van der Waals surface area contributed by atoms with Gasteiger partial charge in [-0.3, -0.25) is 4.98 Å². The van der Waals surface area contributed by atoms with Crippen LogP contribution in [0.5, 0.6) is 0 Å². The highest BCUT2D eigenvalue weighted by molar-refractivity contribution is 7.80. The molecule has 0 amide bonds. The third-order valence-corrected chi connectivity index (χ3v) is 3.11. The minimum atomic E-state index is 0.193. The van der Waals surface area contributed by atoms with Gasteiger partial charge >= 0.3 is 0 Å². The monoisotopic (exact) mass is 271 g/mol. The molecule has 2 aromatic rings. The number of nitrogens with zero attached hydrogens (tertiary/aromatic N) is 1. The van der Waals surface area contributed by atoms with Crippen molar-refractivity contribution >= 4 is 17.3 Å². The molecule has 1 aromatic heterocycles. The Morgan fingerprint density at radius 2 is 1.84 bits per heavy atom. The van der Waals surface area contributed by atoms with Gasteiger partial charge in [0.15, 0.2) is 5.11 Å². The van der Waals surface area contributed by atoms with Crippen molar-refractivity contribution in [2.45, 2.75) is 19.5 Å². The Kier molecular flexibility index (Phi) is 4.86. The summed E-state index contributed by atoms with van der Waals surface area (Å²) in [6.45, 7) is 2.80. The second-order valence-electron chi connectivity index (χ2n) is 4.31. The summed E-state index contributed by atoms with van der Waals surface area (Å²) in [5, 5.41) is 7.12. The SMILES string of the molecule is C[C@@H](NC(=S)NCc1ccncc1)c1ccccc1. The van der Waals surface area contributed by atoms with E-state index in [-0.39, 0.29) is 6.04 Å². The summed E-state index contributed by atoms with van der Waals surface area (Å²) in [7, 11) is 0. The van der Waals surface area contributed by atoms with E-state index in [1.54, 1.807) is 12.4 Å². The Hall–Kier alpha value is -1.94. The third-order valence-electron chi connectivity index (χ3n) is 2.85. The van der Waals surface area contributed by atoms with Crippen LogP contribution in [0.1, 0.15) is 24.1 Å². The van der Waals surface area contributed by atoms with E-state index in [2.05, 4.69) is 34.7 Å². The average molecular weight is 271 g/mol. The Balaban J connectivity index is 1.82. The molecule has 0 radical (unpaired) electrons. The van der Waals surface area contributed by atoms with Crippen molar-refractivity contribution < 1.29 is 0 Å². The van der Waals surface area contributed by atoms with E-state index in [0.29, 0.717) is 11.7 Å². The number of benzene rings is 1. The molecule has 0 unspecified atom stereocenters. The molecule has 0 bridgehead atoms. The van der Waals surface area contributed by atoms with Gasteiger partial charge in [0.05, 0.1) is 6.04 Å². The van der Waals surface area contributed by atoms with Crippen LogP contribution in [0.4, 0.5) is 0 Å². The van der Waals surface area contributed by atoms with Gasteiger partial charge in [0.25, 0.3) is 0 Å². The molecule has 3 nitrogen and oxygen atoms in total. The highest BCUT2D eigenvalue weighted by Crippen LogP contribution is 2.10. The lowest BCUT2D eigenvalue weighted by Gasteiger charge is -2.17. The average Bonchev–Trinajstić information content (AvgIpc) is 2.47. The molecule has 1 heterocycles. The Morgan fingerprint density at radius 3 is 2.53 bits per heavy atom. The smallest absolute Gasteiger partial charge is 0.167 e. The first-order valence-corrected chi connectivity index (χ1v) is 6.65. The molecular weight excluding hydrogens is 254 g/mol. The lowest BCUT2D eigenvalue weighted by molar-refractivity contribution is 0.697. The molecule has 1 aromatic carbocycles. The lowest BCUT2D eigenvalue weighted by Crippen LogP contribution is -2.36. The van der Waals surface area contributed by atoms with Crippen LogP contribution in [-0.4, -0.2) is 10.1 Å². The first-order valence-electron chi connectivity index (χ1n) is 6.24. The summed E-state index contributed by atoms with van der Waals surface area (Å²) in [4.78, 5) is 3.98. The molecule has 1 atom stereocenters. The van der Waals surface area contributed by atoms with Crippen molar-refractivity contribution in [3.05, 3.63) is 66.0 Å². The van der Waals surface area contributed by atoms with Gasteiger partial charge in [-0.05, 0) is 42.4 Å². The molecule has 0 spiro atoms. The summed E-state index contributed by atoms with van der Waals surface area (Å²) < 4.78 is 0. The van der Waals surface area contributed by atoms with Gasteiger partial charge in [0, 0.05) is 18.9 Å². The molecule has 19 heavy (non-hydrogen) atoms. The van der Waals surface area contributed by atoms with Crippen LogP contribution < -0.4 is 10.6 Å². The maximum Gasteiger partial charge on any atom is 0.167 e. The van der Waals surface area contributed by atoms with E-state index in [0.717, 1.165) is 5.56 Å². The lowest BCUT2D eigenvalue weighted by atomic mass is 10.1. The zero-order valence-electron chi connectivity index (χ0n) is 10.8. The fourth-order valence-electron chi connectivity index (χ4n) is 1.76. The van der Waals surface area contributed by atoms with E-state index in [4.69, 9.17) is 12.2 Å². The fourth-order valence-corrected chi connectivity index (χ4v) is 2.00. The van der Waals surface area contributed by atoms with Crippen molar-refractivity contribution in [1.82, 2.24) is 15.6 Å². The zero-order valence-corrected chi connectivity index (χ0v) is 11.7. The standard InChI is InChI=1S/C15H17N3S/c1-12(14-5-3-2-4-6-14)18-15(19)17-11-13-7-9-16-10-8-13/h2-10,12H,11H2,1H3,(H2,17,18,19)/t12-/m1/s1. The van der Waals surface area contributed by atoms with Crippen LogP contribution in [0.25, 0.3) is 0 Å². The topological polar surface area (TPSA) is 37.0 Å². The molecule has 0 aliphatic carbocycles. The molecule has 2 rings (SSSR count). The highest BCUT2D eigenvalue weighted by atomic mass is 32.1. The molecule has 0 saturated carbocycles. The van der Waals surface area contributed by atoms with Crippen molar-refractivity contribution in [1.29, 1.82) is 0 Å². The van der Waals surface area contributed by atoms with Crippen LogP contribution in [0.3, 0.4) is 0 Å². The molecule has 98 valence electrons.